The molecule has 0 fully saturated rings. The molecular weight excluding hydrogens is 258 g/mol. The molecule has 1 aromatic rings. The van der Waals surface area contributed by atoms with Gasteiger partial charge < -0.3 is 15.5 Å². The highest BCUT2D eigenvalue weighted by Crippen LogP contribution is 2.16. The molecule has 4 heteroatoms. The molecule has 0 unspecified atom stereocenters. The summed E-state index contributed by atoms with van der Waals surface area (Å²) in [6.45, 7) is 1.89. The Balaban J connectivity index is 2.60. The Hall–Kier alpha value is -0.420. The van der Waals surface area contributed by atoms with E-state index in [9.17, 15) is 0 Å². The molecule has 1 rings (SSSR count). The van der Waals surface area contributed by atoms with Crippen LogP contribution in [-0.4, -0.2) is 29.5 Å². The van der Waals surface area contributed by atoms with Gasteiger partial charge in [0.25, 0.3) is 0 Å². The van der Waals surface area contributed by atoms with E-state index >= 15 is 0 Å². The van der Waals surface area contributed by atoms with Gasteiger partial charge in [0.2, 0.25) is 0 Å². The molecule has 0 amide bonds. The minimum atomic E-state index is -0.261. The van der Waals surface area contributed by atoms with E-state index in [1.165, 1.54) is 0 Å². The van der Waals surface area contributed by atoms with Crippen LogP contribution in [0.3, 0.4) is 0 Å². The number of halogens is 1. The molecule has 1 aromatic carbocycles. The number of benzene rings is 1. The number of nitrogens with one attached hydrogen (secondary N) is 1. The van der Waals surface area contributed by atoms with Crippen molar-refractivity contribution in [2.75, 3.05) is 13.2 Å². The maximum atomic E-state index is 8.94. The molecule has 0 saturated carbocycles. The van der Waals surface area contributed by atoms with Gasteiger partial charge in [0.1, 0.15) is 0 Å². The summed E-state index contributed by atoms with van der Waals surface area (Å²) < 4.78 is 1.04. The number of aliphatic hydroxyl groups is 2. The van der Waals surface area contributed by atoms with Crippen LogP contribution in [0.1, 0.15) is 18.5 Å². The highest BCUT2D eigenvalue weighted by atomic mass is 79.9. The lowest BCUT2D eigenvalue weighted by Crippen LogP contribution is -2.37. The summed E-state index contributed by atoms with van der Waals surface area (Å²) in [5.41, 5.74) is 1.13. The normalized spacial score (nSPS) is 13.1. The molecular formula is C11H16BrNO2. The van der Waals surface area contributed by atoms with E-state index < -0.39 is 0 Å². The zero-order valence-electron chi connectivity index (χ0n) is 8.65. The average Bonchev–Trinajstić information content (AvgIpc) is 2.26. The van der Waals surface area contributed by atoms with E-state index in [2.05, 4.69) is 21.2 Å². The van der Waals surface area contributed by atoms with Crippen LogP contribution in [0, 0.1) is 0 Å². The summed E-state index contributed by atoms with van der Waals surface area (Å²) in [5, 5.41) is 21.0. The quantitative estimate of drug-likeness (QED) is 0.761. The van der Waals surface area contributed by atoms with Gasteiger partial charge in [-0.05, 0) is 24.6 Å². The van der Waals surface area contributed by atoms with Crippen LogP contribution in [0.25, 0.3) is 0 Å². The summed E-state index contributed by atoms with van der Waals surface area (Å²) in [4.78, 5) is 0. The zero-order chi connectivity index (χ0) is 11.3. The molecule has 1 atom stereocenters. The SMILES string of the molecule is C[C@H](NC(CO)CO)c1ccc(Br)cc1. The second-order valence-electron chi connectivity index (χ2n) is 3.50. The van der Waals surface area contributed by atoms with Crippen LogP contribution in [0.4, 0.5) is 0 Å². The van der Waals surface area contributed by atoms with Crippen molar-refractivity contribution < 1.29 is 10.2 Å². The second-order valence-corrected chi connectivity index (χ2v) is 4.42. The Morgan fingerprint density at radius 3 is 2.20 bits per heavy atom. The lowest BCUT2D eigenvalue weighted by atomic mass is 10.1. The molecule has 0 aliphatic heterocycles. The van der Waals surface area contributed by atoms with Crippen molar-refractivity contribution in [3.63, 3.8) is 0 Å². The number of rotatable bonds is 5. The summed E-state index contributed by atoms with van der Waals surface area (Å²) in [6.07, 6.45) is 0. The standard InChI is InChI=1S/C11H16BrNO2/c1-8(13-11(6-14)7-15)9-2-4-10(12)5-3-9/h2-5,8,11,13-15H,6-7H2,1H3/t8-/m0/s1. The third kappa shape index (κ3) is 3.91. The first-order valence-electron chi connectivity index (χ1n) is 4.90. The first-order chi connectivity index (χ1) is 7.17. The number of hydrogen-bond acceptors (Lipinski definition) is 3. The molecule has 0 heterocycles. The molecule has 0 bridgehead atoms. The van der Waals surface area contributed by atoms with Gasteiger partial charge in [0.15, 0.2) is 0 Å². The molecule has 0 saturated heterocycles. The van der Waals surface area contributed by atoms with Crippen molar-refractivity contribution in [1.29, 1.82) is 0 Å². The smallest absolute Gasteiger partial charge is 0.0607 e. The fourth-order valence-corrected chi connectivity index (χ4v) is 1.63. The largest absolute Gasteiger partial charge is 0.395 e. The van der Waals surface area contributed by atoms with Crippen LogP contribution < -0.4 is 5.32 Å². The van der Waals surface area contributed by atoms with Crippen molar-refractivity contribution in [2.24, 2.45) is 0 Å². The van der Waals surface area contributed by atoms with Crippen molar-refractivity contribution in [2.45, 2.75) is 19.0 Å². The van der Waals surface area contributed by atoms with Gasteiger partial charge >= 0.3 is 0 Å². The Labute approximate surface area is 98.3 Å². The minimum Gasteiger partial charge on any atom is -0.395 e. The second kappa shape index (κ2) is 6.23. The maximum Gasteiger partial charge on any atom is 0.0607 e. The van der Waals surface area contributed by atoms with E-state index in [0.717, 1.165) is 10.0 Å². The summed E-state index contributed by atoms with van der Waals surface area (Å²) in [6, 6.07) is 7.81. The third-order valence-corrected chi connectivity index (χ3v) is 2.83. The molecule has 0 aromatic heterocycles. The highest BCUT2D eigenvalue weighted by molar-refractivity contribution is 9.10. The monoisotopic (exact) mass is 273 g/mol. The zero-order valence-corrected chi connectivity index (χ0v) is 10.2. The average molecular weight is 274 g/mol. The topological polar surface area (TPSA) is 52.5 Å². The molecule has 3 nitrogen and oxygen atoms in total. The van der Waals surface area contributed by atoms with E-state index in [-0.39, 0.29) is 25.3 Å². The Bertz CT molecular complexity index is 285. The first-order valence-corrected chi connectivity index (χ1v) is 5.70. The number of hydrogen-bond donors (Lipinski definition) is 3. The van der Waals surface area contributed by atoms with E-state index in [1.807, 2.05) is 31.2 Å². The van der Waals surface area contributed by atoms with Crippen molar-refractivity contribution >= 4 is 15.9 Å². The first kappa shape index (κ1) is 12.6. The molecule has 84 valence electrons. The van der Waals surface area contributed by atoms with Crippen LogP contribution in [-0.2, 0) is 0 Å². The maximum absolute atomic E-state index is 8.94. The van der Waals surface area contributed by atoms with Crippen molar-refractivity contribution in [3.8, 4) is 0 Å². The Morgan fingerprint density at radius 1 is 1.20 bits per heavy atom. The molecule has 0 aliphatic carbocycles. The van der Waals surface area contributed by atoms with Gasteiger partial charge in [-0.3, -0.25) is 0 Å². The van der Waals surface area contributed by atoms with Crippen LogP contribution in [0.15, 0.2) is 28.7 Å². The van der Waals surface area contributed by atoms with Crippen molar-refractivity contribution in [1.82, 2.24) is 5.32 Å². The molecule has 15 heavy (non-hydrogen) atoms. The summed E-state index contributed by atoms with van der Waals surface area (Å²) >= 11 is 3.37. The third-order valence-electron chi connectivity index (χ3n) is 2.30. The van der Waals surface area contributed by atoms with Gasteiger partial charge in [-0.1, -0.05) is 28.1 Å². The van der Waals surface area contributed by atoms with Crippen LogP contribution >= 0.6 is 15.9 Å². The molecule has 0 spiro atoms. The van der Waals surface area contributed by atoms with E-state index in [0.29, 0.717) is 0 Å². The summed E-state index contributed by atoms with van der Waals surface area (Å²) in [5.74, 6) is 0. The van der Waals surface area contributed by atoms with Gasteiger partial charge in [0, 0.05) is 10.5 Å². The predicted octanol–water partition coefficient (Wildman–Crippen LogP) is 1.45. The fraction of sp³-hybridized carbons (Fsp3) is 0.455. The van der Waals surface area contributed by atoms with Gasteiger partial charge in [0.05, 0.1) is 19.3 Å². The highest BCUT2D eigenvalue weighted by Gasteiger charge is 2.11. The lowest BCUT2D eigenvalue weighted by Gasteiger charge is -2.20. The molecule has 3 N–H and O–H groups in total. The Kier molecular flexibility index (Phi) is 5.25. The summed E-state index contributed by atoms with van der Waals surface area (Å²) in [7, 11) is 0. The van der Waals surface area contributed by atoms with Crippen LogP contribution in [0.2, 0.25) is 0 Å². The lowest BCUT2D eigenvalue weighted by molar-refractivity contribution is 0.163. The van der Waals surface area contributed by atoms with Gasteiger partial charge in [-0.2, -0.15) is 0 Å². The van der Waals surface area contributed by atoms with Crippen LogP contribution in [0.5, 0.6) is 0 Å². The molecule has 0 radical (unpaired) electrons. The van der Waals surface area contributed by atoms with Gasteiger partial charge in [-0.15, -0.1) is 0 Å². The van der Waals surface area contributed by atoms with E-state index in [1.54, 1.807) is 0 Å². The predicted molar refractivity (Wildman–Crippen MR) is 63.7 cm³/mol. The Morgan fingerprint density at radius 2 is 1.73 bits per heavy atom. The van der Waals surface area contributed by atoms with E-state index in [4.69, 9.17) is 10.2 Å². The van der Waals surface area contributed by atoms with Crippen molar-refractivity contribution in [3.05, 3.63) is 34.3 Å². The number of aliphatic hydroxyl groups excluding tert-OH is 2. The fourth-order valence-electron chi connectivity index (χ4n) is 1.36. The minimum absolute atomic E-state index is 0.0582. The molecule has 0 aliphatic rings. The van der Waals surface area contributed by atoms with Gasteiger partial charge in [-0.25, -0.2) is 0 Å².